The highest BCUT2D eigenvalue weighted by Crippen LogP contribution is 2.26. The molecule has 2 heterocycles. The van der Waals surface area contributed by atoms with Gasteiger partial charge >= 0.3 is 0 Å². The topological polar surface area (TPSA) is 47.0 Å². The Labute approximate surface area is 161 Å². The molecule has 5 nitrogen and oxygen atoms in total. The van der Waals surface area contributed by atoms with E-state index < -0.39 is 0 Å². The first-order valence-corrected chi connectivity index (χ1v) is 10.8. The van der Waals surface area contributed by atoms with Crippen LogP contribution in [0.3, 0.4) is 0 Å². The molecule has 2 saturated heterocycles. The van der Waals surface area contributed by atoms with Crippen molar-refractivity contribution >= 4 is 17.7 Å². The molecule has 0 saturated carbocycles. The highest BCUT2D eigenvalue weighted by molar-refractivity contribution is 7.98. The van der Waals surface area contributed by atoms with E-state index in [0.717, 1.165) is 44.8 Å². The van der Waals surface area contributed by atoms with E-state index in [1.165, 1.54) is 11.3 Å². The molecule has 144 valence electrons. The third-order valence-electron chi connectivity index (χ3n) is 5.74. The number of carbonyl (C=O) groups excluding carboxylic acids is 1. The summed E-state index contributed by atoms with van der Waals surface area (Å²) in [6, 6.07) is 7.84. The summed E-state index contributed by atoms with van der Waals surface area (Å²) in [7, 11) is 2.18. The van der Waals surface area contributed by atoms with Crippen molar-refractivity contribution in [3.63, 3.8) is 0 Å². The summed E-state index contributed by atoms with van der Waals surface area (Å²) in [5.41, 5.74) is 0.747. The number of likely N-dealkylation sites (tertiary alicyclic amines) is 1. The summed E-state index contributed by atoms with van der Waals surface area (Å²) in [5, 5.41) is 9.83. The maximum absolute atomic E-state index is 12.9. The Balaban J connectivity index is 1.61. The highest BCUT2D eigenvalue weighted by Gasteiger charge is 2.36. The fraction of sp³-hybridized carbons (Fsp3) is 0.650. The Hall–Kier alpha value is -1.08. The maximum atomic E-state index is 12.9. The number of carbonyl (C=O) groups is 1. The lowest BCUT2D eigenvalue weighted by molar-refractivity contribution is 0.0779. The zero-order valence-electron chi connectivity index (χ0n) is 15.9. The van der Waals surface area contributed by atoms with Crippen LogP contribution in [0, 0.1) is 11.8 Å². The first-order valence-electron chi connectivity index (χ1n) is 9.55. The van der Waals surface area contributed by atoms with E-state index >= 15 is 0 Å². The summed E-state index contributed by atoms with van der Waals surface area (Å²) >= 11 is 1.68. The molecule has 1 N–H and O–H groups in total. The number of aliphatic hydroxyl groups is 1. The van der Waals surface area contributed by atoms with Crippen molar-refractivity contribution in [3.8, 4) is 0 Å². The number of hydrogen-bond donors (Lipinski definition) is 1. The van der Waals surface area contributed by atoms with Crippen molar-refractivity contribution in [1.82, 2.24) is 14.7 Å². The Bertz CT molecular complexity index is 595. The molecule has 0 bridgehead atoms. The first kappa shape index (κ1) is 19.7. The number of thioether (sulfide) groups is 1. The lowest BCUT2D eigenvalue weighted by atomic mass is 9.96. The Morgan fingerprint density at radius 1 is 1.12 bits per heavy atom. The second-order valence-corrected chi connectivity index (χ2v) is 8.48. The van der Waals surface area contributed by atoms with Gasteiger partial charge in [0.15, 0.2) is 0 Å². The minimum Gasteiger partial charge on any atom is -0.396 e. The molecule has 6 heteroatoms. The van der Waals surface area contributed by atoms with Gasteiger partial charge in [-0.05, 0) is 63.0 Å². The molecule has 26 heavy (non-hydrogen) atoms. The maximum Gasteiger partial charge on any atom is 0.253 e. The quantitative estimate of drug-likeness (QED) is 0.792. The molecule has 3 rings (SSSR count). The van der Waals surface area contributed by atoms with Crippen LogP contribution in [-0.2, 0) is 0 Å². The summed E-state index contributed by atoms with van der Waals surface area (Å²) in [5.74, 6) is 0.637. The molecule has 0 aromatic heterocycles. The first-order chi connectivity index (χ1) is 12.6. The van der Waals surface area contributed by atoms with Gasteiger partial charge in [-0.1, -0.05) is 0 Å². The van der Waals surface area contributed by atoms with Crippen molar-refractivity contribution in [2.45, 2.75) is 11.3 Å². The normalized spacial score (nSPS) is 25.4. The molecule has 1 aromatic carbocycles. The molecule has 2 atom stereocenters. The molecule has 2 aliphatic heterocycles. The fourth-order valence-electron chi connectivity index (χ4n) is 4.05. The van der Waals surface area contributed by atoms with Crippen LogP contribution in [0.5, 0.6) is 0 Å². The molecule has 1 amide bonds. The van der Waals surface area contributed by atoms with Gasteiger partial charge in [-0.3, -0.25) is 4.79 Å². The minimum absolute atomic E-state index is 0.0919. The predicted octanol–water partition coefficient (Wildman–Crippen LogP) is 1.73. The third kappa shape index (κ3) is 4.80. The molecular formula is C20H31N3O2S. The molecule has 0 aliphatic carbocycles. The van der Waals surface area contributed by atoms with Crippen LogP contribution < -0.4 is 0 Å². The van der Waals surface area contributed by atoms with Crippen LogP contribution in [0.15, 0.2) is 29.2 Å². The molecule has 1 aromatic rings. The van der Waals surface area contributed by atoms with Crippen LogP contribution in [0.1, 0.15) is 16.8 Å². The SMILES string of the molecule is CSc1ccc(C(=O)N2C[C@@H](CN3CCCN(C)CC3)[C@@H](CO)C2)cc1. The van der Waals surface area contributed by atoms with E-state index in [-0.39, 0.29) is 18.4 Å². The van der Waals surface area contributed by atoms with E-state index in [4.69, 9.17) is 0 Å². The molecule has 0 unspecified atom stereocenters. The largest absolute Gasteiger partial charge is 0.396 e. The Morgan fingerprint density at radius 3 is 2.54 bits per heavy atom. The summed E-state index contributed by atoms with van der Waals surface area (Å²) in [6.07, 6.45) is 3.23. The van der Waals surface area contributed by atoms with Crippen LogP contribution in [-0.4, -0.2) is 91.4 Å². The van der Waals surface area contributed by atoms with E-state index in [1.807, 2.05) is 35.4 Å². The van der Waals surface area contributed by atoms with E-state index in [2.05, 4.69) is 16.8 Å². The molecule has 0 spiro atoms. The summed E-state index contributed by atoms with van der Waals surface area (Å²) < 4.78 is 0. The van der Waals surface area contributed by atoms with Crippen LogP contribution in [0.25, 0.3) is 0 Å². The van der Waals surface area contributed by atoms with Gasteiger partial charge in [0, 0.05) is 55.7 Å². The smallest absolute Gasteiger partial charge is 0.253 e. The number of hydrogen-bond acceptors (Lipinski definition) is 5. The van der Waals surface area contributed by atoms with Gasteiger partial charge in [-0.15, -0.1) is 11.8 Å². The number of amides is 1. The Kier molecular flexibility index (Phi) is 6.98. The number of rotatable bonds is 5. The van der Waals surface area contributed by atoms with E-state index in [9.17, 15) is 9.90 Å². The zero-order chi connectivity index (χ0) is 18.5. The van der Waals surface area contributed by atoms with E-state index in [0.29, 0.717) is 12.5 Å². The van der Waals surface area contributed by atoms with Crippen molar-refractivity contribution in [2.75, 3.05) is 65.7 Å². The molecule has 0 radical (unpaired) electrons. The predicted molar refractivity (Wildman–Crippen MR) is 107 cm³/mol. The van der Waals surface area contributed by atoms with Gasteiger partial charge in [0.25, 0.3) is 5.91 Å². The standard InChI is InChI=1S/C20H31N3O2S/c1-21-8-3-9-22(11-10-21)12-17-13-23(14-18(17)15-24)20(25)16-4-6-19(26-2)7-5-16/h4-7,17-18,24H,3,8-15H2,1-2H3/t17-,18-/m1/s1. The third-order valence-corrected chi connectivity index (χ3v) is 6.48. The van der Waals surface area contributed by atoms with Crippen molar-refractivity contribution < 1.29 is 9.90 Å². The van der Waals surface area contributed by atoms with Gasteiger partial charge in [-0.25, -0.2) is 0 Å². The second-order valence-electron chi connectivity index (χ2n) is 7.60. The van der Waals surface area contributed by atoms with Crippen LogP contribution >= 0.6 is 11.8 Å². The minimum atomic E-state index is 0.0919. The fourth-order valence-corrected chi connectivity index (χ4v) is 4.46. The van der Waals surface area contributed by atoms with Gasteiger partial charge in [-0.2, -0.15) is 0 Å². The average Bonchev–Trinajstić information content (AvgIpc) is 2.96. The van der Waals surface area contributed by atoms with Gasteiger partial charge in [0.2, 0.25) is 0 Å². The van der Waals surface area contributed by atoms with E-state index in [1.54, 1.807) is 11.8 Å². The number of likely N-dealkylation sites (N-methyl/N-ethyl adjacent to an activating group) is 1. The second kappa shape index (κ2) is 9.22. The van der Waals surface area contributed by atoms with Gasteiger partial charge in [0.05, 0.1) is 0 Å². The summed E-state index contributed by atoms with van der Waals surface area (Å²) in [6.45, 7) is 7.00. The summed E-state index contributed by atoms with van der Waals surface area (Å²) in [4.78, 5) is 20.9. The lowest BCUT2D eigenvalue weighted by Crippen LogP contribution is -2.36. The van der Waals surface area contributed by atoms with Crippen LogP contribution in [0.4, 0.5) is 0 Å². The highest BCUT2D eigenvalue weighted by atomic mass is 32.2. The van der Waals surface area contributed by atoms with Gasteiger partial charge < -0.3 is 19.8 Å². The average molecular weight is 378 g/mol. The number of aliphatic hydroxyl groups excluding tert-OH is 1. The van der Waals surface area contributed by atoms with Crippen molar-refractivity contribution in [1.29, 1.82) is 0 Å². The van der Waals surface area contributed by atoms with Gasteiger partial charge in [0.1, 0.15) is 0 Å². The Morgan fingerprint density at radius 2 is 1.85 bits per heavy atom. The monoisotopic (exact) mass is 377 g/mol. The zero-order valence-corrected chi connectivity index (χ0v) is 16.7. The van der Waals surface area contributed by atoms with Crippen LogP contribution in [0.2, 0.25) is 0 Å². The van der Waals surface area contributed by atoms with Crippen molar-refractivity contribution in [3.05, 3.63) is 29.8 Å². The van der Waals surface area contributed by atoms with Crippen molar-refractivity contribution in [2.24, 2.45) is 11.8 Å². The number of benzene rings is 1. The lowest BCUT2D eigenvalue weighted by Gasteiger charge is -2.26. The molecule has 2 fully saturated rings. The molecular weight excluding hydrogens is 346 g/mol. The number of nitrogens with zero attached hydrogens (tertiary/aromatic N) is 3. The molecule has 2 aliphatic rings.